The molecule has 31 heavy (non-hydrogen) atoms. The summed E-state index contributed by atoms with van der Waals surface area (Å²) in [5.74, 6) is 0.541. The third-order valence-electron chi connectivity index (χ3n) is 5.31. The van der Waals surface area contributed by atoms with E-state index in [1.165, 1.54) is 5.56 Å². The number of para-hydroxylation sites is 1. The molecule has 0 unspecified atom stereocenters. The second-order valence-electron chi connectivity index (χ2n) is 7.46. The van der Waals surface area contributed by atoms with Crippen LogP contribution in [0.15, 0.2) is 103 Å². The van der Waals surface area contributed by atoms with Gasteiger partial charge in [-0.2, -0.15) is 0 Å². The second-order valence-corrected chi connectivity index (χ2v) is 7.46. The molecule has 0 fully saturated rings. The number of amides is 1. The molecule has 0 bridgehead atoms. The average molecular weight is 411 g/mol. The Bertz CT molecular complexity index is 1120. The van der Waals surface area contributed by atoms with E-state index in [1.807, 2.05) is 83.8 Å². The van der Waals surface area contributed by atoms with Crippen molar-refractivity contribution in [2.45, 2.75) is 19.6 Å². The SMILES string of the molecule is COc1ccccc1C(=O)N(Cc1ccccc1)Cc1cccn1Cc1ccccc1. The van der Waals surface area contributed by atoms with Gasteiger partial charge in [0.05, 0.1) is 19.2 Å². The van der Waals surface area contributed by atoms with Gasteiger partial charge in [0, 0.05) is 25.0 Å². The average Bonchev–Trinajstić information content (AvgIpc) is 3.26. The van der Waals surface area contributed by atoms with Crippen molar-refractivity contribution in [2.75, 3.05) is 7.11 Å². The quantitative estimate of drug-likeness (QED) is 0.390. The van der Waals surface area contributed by atoms with Crippen LogP contribution in [0.4, 0.5) is 0 Å². The fourth-order valence-corrected chi connectivity index (χ4v) is 3.72. The summed E-state index contributed by atoms with van der Waals surface area (Å²) in [6, 6.07) is 31.9. The molecule has 0 atom stereocenters. The minimum absolute atomic E-state index is 0.0474. The molecule has 0 aliphatic rings. The van der Waals surface area contributed by atoms with E-state index < -0.39 is 0 Å². The molecule has 0 radical (unpaired) electrons. The number of ether oxygens (including phenoxy) is 1. The van der Waals surface area contributed by atoms with Crippen LogP contribution in [0.2, 0.25) is 0 Å². The number of nitrogens with zero attached hydrogens (tertiary/aromatic N) is 2. The van der Waals surface area contributed by atoms with Gasteiger partial charge in [-0.15, -0.1) is 0 Å². The Morgan fingerprint density at radius 1 is 0.774 bits per heavy atom. The number of benzene rings is 3. The van der Waals surface area contributed by atoms with Gasteiger partial charge in [-0.05, 0) is 35.4 Å². The molecule has 4 nitrogen and oxygen atoms in total. The van der Waals surface area contributed by atoms with Gasteiger partial charge >= 0.3 is 0 Å². The van der Waals surface area contributed by atoms with E-state index in [0.29, 0.717) is 24.4 Å². The highest BCUT2D eigenvalue weighted by Gasteiger charge is 2.21. The van der Waals surface area contributed by atoms with Crippen molar-refractivity contribution in [3.8, 4) is 5.75 Å². The highest BCUT2D eigenvalue weighted by Crippen LogP contribution is 2.22. The molecule has 0 saturated heterocycles. The molecule has 1 heterocycles. The summed E-state index contributed by atoms with van der Waals surface area (Å²) >= 11 is 0. The first-order valence-electron chi connectivity index (χ1n) is 10.4. The van der Waals surface area contributed by atoms with Crippen molar-refractivity contribution < 1.29 is 9.53 Å². The van der Waals surface area contributed by atoms with Gasteiger partial charge in [0.1, 0.15) is 5.75 Å². The van der Waals surface area contributed by atoms with Crippen LogP contribution in [0, 0.1) is 0 Å². The summed E-state index contributed by atoms with van der Waals surface area (Å²) in [5, 5.41) is 0. The highest BCUT2D eigenvalue weighted by atomic mass is 16.5. The second kappa shape index (κ2) is 9.81. The summed E-state index contributed by atoms with van der Waals surface area (Å²) in [7, 11) is 1.60. The summed E-state index contributed by atoms with van der Waals surface area (Å²) in [5.41, 5.74) is 3.97. The molecule has 0 spiro atoms. The zero-order chi connectivity index (χ0) is 21.5. The van der Waals surface area contributed by atoms with Crippen molar-refractivity contribution in [1.82, 2.24) is 9.47 Å². The summed E-state index contributed by atoms with van der Waals surface area (Å²) in [4.78, 5) is 15.4. The molecule has 4 heteroatoms. The predicted octanol–water partition coefficient (Wildman–Crippen LogP) is 5.39. The minimum Gasteiger partial charge on any atom is -0.496 e. The number of methoxy groups -OCH3 is 1. The van der Waals surface area contributed by atoms with Crippen LogP contribution >= 0.6 is 0 Å². The van der Waals surface area contributed by atoms with Gasteiger partial charge in [0.15, 0.2) is 0 Å². The third-order valence-corrected chi connectivity index (χ3v) is 5.31. The number of rotatable bonds is 8. The van der Waals surface area contributed by atoms with Gasteiger partial charge in [-0.25, -0.2) is 0 Å². The number of carbonyl (C=O) groups is 1. The van der Waals surface area contributed by atoms with Crippen LogP contribution in [0.5, 0.6) is 5.75 Å². The fraction of sp³-hybridized carbons (Fsp3) is 0.148. The lowest BCUT2D eigenvalue weighted by atomic mass is 10.1. The molecule has 0 N–H and O–H groups in total. The maximum atomic E-state index is 13.6. The monoisotopic (exact) mass is 410 g/mol. The van der Waals surface area contributed by atoms with Crippen molar-refractivity contribution in [2.24, 2.45) is 0 Å². The molecule has 3 aromatic carbocycles. The van der Waals surface area contributed by atoms with Gasteiger partial charge in [-0.3, -0.25) is 4.79 Å². The normalized spacial score (nSPS) is 10.6. The first-order valence-corrected chi connectivity index (χ1v) is 10.4. The Balaban J connectivity index is 1.63. The Kier molecular flexibility index (Phi) is 6.48. The molecule has 1 aromatic heterocycles. The Labute approximate surface area is 183 Å². The van der Waals surface area contributed by atoms with Gasteiger partial charge in [-0.1, -0.05) is 72.8 Å². The van der Waals surface area contributed by atoms with Crippen LogP contribution in [-0.4, -0.2) is 22.5 Å². The van der Waals surface area contributed by atoms with E-state index in [1.54, 1.807) is 7.11 Å². The zero-order valence-electron chi connectivity index (χ0n) is 17.6. The smallest absolute Gasteiger partial charge is 0.258 e. The van der Waals surface area contributed by atoms with E-state index in [0.717, 1.165) is 17.8 Å². The molecule has 0 aliphatic carbocycles. The summed E-state index contributed by atoms with van der Waals surface area (Å²) in [6.45, 7) is 1.80. The number of carbonyl (C=O) groups excluding carboxylic acids is 1. The number of aromatic nitrogens is 1. The predicted molar refractivity (Wildman–Crippen MR) is 123 cm³/mol. The lowest BCUT2D eigenvalue weighted by molar-refractivity contribution is 0.0723. The molecule has 156 valence electrons. The lowest BCUT2D eigenvalue weighted by Crippen LogP contribution is -2.31. The van der Waals surface area contributed by atoms with E-state index in [-0.39, 0.29) is 5.91 Å². The fourth-order valence-electron chi connectivity index (χ4n) is 3.72. The van der Waals surface area contributed by atoms with E-state index in [2.05, 4.69) is 29.0 Å². The van der Waals surface area contributed by atoms with E-state index in [9.17, 15) is 4.79 Å². The van der Waals surface area contributed by atoms with E-state index >= 15 is 0 Å². The molecular formula is C27H26N2O2. The Morgan fingerprint density at radius 3 is 2.13 bits per heavy atom. The Morgan fingerprint density at radius 2 is 1.42 bits per heavy atom. The molecule has 0 saturated carbocycles. The van der Waals surface area contributed by atoms with Crippen LogP contribution in [-0.2, 0) is 19.6 Å². The van der Waals surface area contributed by atoms with Crippen LogP contribution in [0.3, 0.4) is 0 Å². The maximum absolute atomic E-state index is 13.6. The topological polar surface area (TPSA) is 34.5 Å². The van der Waals surface area contributed by atoms with Crippen LogP contribution in [0.25, 0.3) is 0 Å². The molecule has 4 rings (SSSR count). The number of hydrogen-bond donors (Lipinski definition) is 0. The molecule has 1 amide bonds. The maximum Gasteiger partial charge on any atom is 0.258 e. The largest absolute Gasteiger partial charge is 0.496 e. The number of hydrogen-bond acceptors (Lipinski definition) is 2. The molecule has 4 aromatic rings. The van der Waals surface area contributed by atoms with E-state index in [4.69, 9.17) is 4.74 Å². The van der Waals surface area contributed by atoms with Gasteiger partial charge < -0.3 is 14.2 Å². The standard InChI is InChI=1S/C27H26N2O2/c1-31-26-17-9-8-16-25(26)27(30)29(20-23-13-6-3-7-14-23)21-24-15-10-18-28(24)19-22-11-4-2-5-12-22/h2-18H,19-21H2,1H3. The first kappa shape index (κ1) is 20.5. The minimum atomic E-state index is -0.0474. The van der Waals surface area contributed by atoms with Gasteiger partial charge in [0.25, 0.3) is 5.91 Å². The first-order chi connectivity index (χ1) is 15.2. The third kappa shape index (κ3) is 5.04. The molecular weight excluding hydrogens is 384 g/mol. The van der Waals surface area contributed by atoms with Crippen molar-refractivity contribution in [1.29, 1.82) is 0 Å². The molecule has 0 aliphatic heterocycles. The van der Waals surface area contributed by atoms with Crippen LogP contribution in [0.1, 0.15) is 27.2 Å². The van der Waals surface area contributed by atoms with Crippen molar-refractivity contribution in [3.63, 3.8) is 0 Å². The highest BCUT2D eigenvalue weighted by molar-refractivity contribution is 5.96. The van der Waals surface area contributed by atoms with Crippen molar-refractivity contribution in [3.05, 3.63) is 126 Å². The Hall–Kier alpha value is -3.79. The summed E-state index contributed by atoms with van der Waals surface area (Å²) < 4.78 is 7.65. The van der Waals surface area contributed by atoms with Crippen LogP contribution < -0.4 is 4.74 Å². The summed E-state index contributed by atoms with van der Waals surface area (Å²) in [6.07, 6.45) is 2.07. The van der Waals surface area contributed by atoms with Gasteiger partial charge in [0.2, 0.25) is 0 Å². The zero-order valence-corrected chi connectivity index (χ0v) is 17.6. The lowest BCUT2D eigenvalue weighted by Gasteiger charge is -2.25. The van der Waals surface area contributed by atoms with Crippen molar-refractivity contribution >= 4 is 5.91 Å².